The molecule has 0 atom stereocenters. The topological polar surface area (TPSA) is 105 Å². The summed E-state index contributed by atoms with van der Waals surface area (Å²) in [6.45, 7) is 1.88. The molecule has 0 radical (unpaired) electrons. The number of nitrogens with one attached hydrogen (secondary N) is 1. The number of aryl methyl sites for hydroxylation is 1. The first-order chi connectivity index (χ1) is 10.8. The summed E-state index contributed by atoms with van der Waals surface area (Å²) in [7, 11) is -3.45. The molecule has 2 aromatic heterocycles. The van der Waals surface area contributed by atoms with Crippen LogP contribution in [0, 0.1) is 6.92 Å². The van der Waals surface area contributed by atoms with Gasteiger partial charge in [0.2, 0.25) is 15.9 Å². The van der Waals surface area contributed by atoms with E-state index in [9.17, 15) is 13.2 Å². The minimum absolute atomic E-state index is 0.00577. The Morgan fingerprint density at radius 1 is 1.39 bits per heavy atom. The maximum Gasteiger partial charge on any atom is 0.226 e. The molecular weight excluding hydrogens is 320 g/mol. The fourth-order valence-corrected chi connectivity index (χ4v) is 2.68. The van der Waals surface area contributed by atoms with Gasteiger partial charge in [0.1, 0.15) is 5.76 Å². The van der Waals surface area contributed by atoms with Crippen LogP contribution in [0.1, 0.15) is 17.9 Å². The number of hydrogen-bond acceptors (Lipinski definition) is 6. The van der Waals surface area contributed by atoms with Gasteiger partial charge in [-0.05, 0) is 19.1 Å². The number of nitrogens with zero attached hydrogens (tertiary/aromatic N) is 3. The number of sulfonamides is 1. The van der Waals surface area contributed by atoms with Gasteiger partial charge in [-0.1, -0.05) is 11.2 Å². The van der Waals surface area contributed by atoms with E-state index in [-0.39, 0.29) is 25.4 Å². The fourth-order valence-electron chi connectivity index (χ4n) is 1.89. The van der Waals surface area contributed by atoms with E-state index in [0.29, 0.717) is 17.3 Å². The molecule has 0 bridgehead atoms. The smallest absolute Gasteiger partial charge is 0.226 e. The first-order valence-electron chi connectivity index (χ1n) is 6.93. The van der Waals surface area contributed by atoms with Crippen molar-refractivity contribution >= 4 is 21.7 Å². The minimum Gasteiger partial charge on any atom is -0.360 e. The molecule has 0 aliphatic carbocycles. The highest BCUT2D eigenvalue weighted by Gasteiger charge is 2.19. The van der Waals surface area contributed by atoms with Crippen LogP contribution in [0.2, 0.25) is 0 Å². The molecule has 124 valence electrons. The number of carbonyl (C=O) groups is 1. The molecule has 1 N–H and O–H groups in total. The molecule has 0 unspecified atom stereocenters. The van der Waals surface area contributed by atoms with Gasteiger partial charge >= 0.3 is 0 Å². The molecule has 0 aromatic carbocycles. The summed E-state index contributed by atoms with van der Waals surface area (Å²) < 4.78 is 29.8. The van der Waals surface area contributed by atoms with Crippen LogP contribution in [0.25, 0.3) is 0 Å². The third-order valence-corrected chi connectivity index (χ3v) is 4.27. The molecule has 0 saturated heterocycles. The molecule has 9 heteroatoms. The Kier molecular flexibility index (Phi) is 5.45. The zero-order chi connectivity index (χ0) is 16.9. The lowest BCUT2D eigenvalue weighted by Gasteiger charge is -2.19. The van der Waals surface area contributed by atoms with Crippen LogP contribution in [0.3, 0.4) is 0 Å². The summed E-state index contributed by atoms with van der Waals surface area (Å²) >= 11 is 0. The maximum atomic E-state index is 11.9. The average molecular weight is 338 g/mol. The molecule has 2 aromatic rings. The lowest BCUT2D eigenvalue weighted by atomic mass is 10.3. The summed E-state index contributed by atoms with van der Waals surface area (Å²) in [5.74, 6) is 0.546. The first kappa shape index (κ1) is 17.1. The second-order valence-corrected chi connectivity index (χ2v) is 7.02. The van der Waals surface area contributed by atoms with Crippen molar-refractivity contribution in [3.8, 4) is 0 Å². The van der Waals surface area contributed by atoms with Crippen LogP contribution in [0.4, 0.5) is 5.82 Å². The predicted molar refractivity (Wildman–Crippen MR) is 84.0 cm³/mol. The summed E-state index contributed by atoms with van der Waals surface area (Å²) in [5, 5.41) is 6.20. The summed E-state index contributed by atoms with van der Waals surface area (Å²) in [6.07, 6.45) is 2.70. The molecule has 2 heterocycles. The monoisotopic (exact) mass is 338 g/mol. The summed E-state index contributed by atoms with van der Waals surface area (Å²) in [4.78, 5) is 16.0. The molecule has 23 heavy (non-hydrogen) atoms. The van der Waals surface area contributed by atoms with Crippen LogP contribution in [0.15, 0.2) is 35.0 Å². The Bertz CT molecular complexity index is 758. The highest BCUT2D eigenvalue weighted by Crippen LogP contribution is 2.10. The van der Waals surface area contributed by atoms with E-state index in [2.05, 4.69) is 15.5 Å². The Morgan fingerprint density at radius 3 is 2.74 bits per heavy atom. The molecule has 0 fully saturated rings. The van der Waals surface area contributed by atoms with Crippen molar-refractivity contribution in [2.45, 2.75) is 19.9 Å². The van der Waals surface area contributed by atoms with Gasteiger partial charge in [0.05, 0.1) is 18.5 Å². The zero-order valence-electron chi connectivity index (χ0n) is 12.9. The number of pyridine rings is 1. The molecule has 1 amide bonds. The number of carbonyl (C=O) groups excluding carboxylic acids is 1. The number of hydrogen-bond donors (Lipinski definition) is 1. The molecule has 0 spiro atoms. The van der Waals surface area contributed by atoms with Gasteiger partial charge in [-0.25, -0.2) is 8.42 Å². The Balaban J connectivity index is 1.94. The average Bonchev–Trinajstić information content (AvgIpc) is 2.88. The van der Waals surface area contributed by atoms with Gasteiger partial charge in [-0.15, -0.1) is 0 Å². The standard InChI is InChI=1S/C14H18N4O4S/c1-11-9-13(17-22-11)16-14(19)6-8-18(23(2,20)21)10-12-5-3-4-7-15-12/h3-5,7,9H,6,8,10H2,1-2H3,(H,16,17,19). The van der Waals surface area contributed by atoms with Gasteiger partial charge < -0.3 is 9.84 Å². The molecule has 8 nitrogen and oxygen atoms in total. The van der Waals surface area contributed by atoms with Crippen LogP contribution in [-0.2, 0) is 21.4 Å². The van der Waals surface area contributed by atoms with Crippen molar-refractivity contribution in [1.82, 2.24) is 14.4 Å². The SMILES string of the molecule is Cc1cc(NC(=O)CCN(Cc2ccccn2)S(C)(=O)=O)no1. The number of amides is 1. The Morgan fingerprint density at radius 2 is 2.17 bits per heavy atom. The second-order valence-electron chi connectivity index (χ2n) is 5.04. The third-order valence-electron chi connectivity index (χ3n) is 3.02. The van der Waals surface area contributed by atoms with E-state index in [1.54, 1.807) is 37.4 Å². The summed E-state index contributed by atoms with van der Waals surface area (Å²) in [5.41, 5.74) is 0.616. The zero-order valence-corrected chi connectivity index (χ0v) is 13.7. The number of aromatic nitrogens is 2. The van der Waals surface area contributed by atoms with Crippen LogP contribution < -0.4 is 5.32 Å². The highest BCUT2D eigenvalue weighted by atomic mass is 32.2. The molecule has 0 aliphatic heterocycles. The lowest BCUT2D eigenvalue weighted by Crippen LogP contribution is -2.32. The van der Waals surface area contributed by atoms with Crippen molar-refractivity contribution in [3.05, 3.63) is 41.9 Å². The van der Waals surface area contributed by atoms with E-state index in [1.165, 1.54) is 4.31 Å². The van der Waals surface area contributed by atoms with Gasteiger partial charge in [0, 0.05) is 25.2 Å². The van der Waals surface area contributed by atoms with Crippen molar-refractivity contribution in [1.29, 1.82) is 0 Å². The van der Waals surface area contributed by atoms with Crippen LogP contribution in [0.5, 0.6) is 0 Å². The van der Waals surface area contributed by atoms with Crippen LogP contribution >= 0.6 is 0 Å². The maximum absolute atomic E-state index is 11.9. The highest BCUT2D eigenvalue weighted by molar-refractivity contribution is 7.88. The van der Waals surface area contributed by atoms with E-state index in [1.807, 2.05) is 0 Å². The van der Waals surface area contributed by atoms with Crippen molar-refractivity contribution in [3.63, 3.8) is 0 Å². The van der Waals surface area contributed by atoms with E-state index < -0.39 is 10.0 Å². The van der Waals surface area contributed by atoms with Crippen molar-refractivity contribution in [2.24, 2.45) is 0 Å². The number of anilines is 1. The normalized spacial score (nSPS) is 11.6. The van der Waals surface area contributed by atoms with Gasteiger partial charge in [-0.2, -0.15) is 4.31 Å². The van der Waals surface area contributed by atoms with Gasteiger partial charge in [0.25, 0.3) is 0 Å². The Labute approximate surface area is 134 Å². The second kappa shape index (κ2) is 7.34. The van der Waals surface area contributed by atoms with Crippen molar-refractivity contribution in [2.75, 3.05) is 18.1 Å². The minimum atomic E-state index is -3.45. The molecule has 2 rings (SSSR count). The lowest BCUT2D eigenvalue weighted by molar-refractivity contribution is -0.116. The van der Waals surface area contributed by atoms with E-state index in [0.717, 1.165) is 6.26 Å². The van der Waals surface area contributed by atoms with Gasteiger partial charge in [0.15, 0.2) is 5.82 Å². The first-order valence-corrected chi connectivity index (χ1v) is 8.77. The molecule has 0 aliphatic rings. The number of rotatable bonds is 7. The predicted octanol–water partition coefficient (Wildman–Crippen LogP) is 1.17. The molecule has 0 saturated carbocycles. The Hall–Kier alpha value is -2.26. The van der Waals surface area contributed by atoms with Gasteiger partial charge in [-0.3, -0.25) is 9.78 Å². The van der Waals surface area contributed by atoms with Crippen molar-refractivity contribution < 1.29 is 17.7 Å². The molecular formula is C14H18N4O4S. The fraction of sp³-hybridized carbons (Fsp3) is 0.357. The largest absolute Gasteiger partial charge is 0.360 e. The quantitative estimate of drug-likeness (QED) is 0.812. The third kappa shape index (κ3) is 5.46. The van der Waals surface area contributed by atoms with E-state index >= 15 is 0 Å². The van der Waals surface area contributed by atoms with E-state index in [4.69, 9.17) is 4.52 Å². The summed E-state index contributed by atoms with van der Waals surface area (Å²) in [6, 6.07) is 6.85. The van der Waals surface area contributed by atoms with Crippen LogP contribution in [-0.4, -0.2) is 41.6 Å².